The molecule has 108 valence electrons. The number of benzene rings is 1. The molecule has 4 nitrogen and oxygen atoms in total. The Balaban J connectivity index is 1.98. The Morgan fingerprint density at radius 1 is 1.21 bits per heavy atom. The molecule has 0 aliphatic carbocycles. The van der Waals surface area contributed by atoms with E-state index >= 15 is 0 Å². The number of rotatable bonds is 10. The number of aliphatic hydroxyl groups excluding tert-OH is 1. The molecule has 0 bridgehead atoms. The van der Waals surface area contributed by atoms with E-state index in [0.717, 1.165) is 25.3 Å². The molecule has 0 aliphatic heterocycles. The molecule has 0 heterocycles. The van der Waals surface area contributed by atoms with Gasteiger partial charge in [-0.1, -0.05) is 18.2 Å². The maximum atomic E-state index is 9.74. The van der Waals surface area contributed by atoms with E-state index < -0.39 is 6.10 Å². The van der Waals surface area contributed by atoms with E-state index in [2.05, 4.69) is 5.32 Å². The van der Waals surface area contributed by atoms with E-state index in [9.17, 15) is 5.11 Å². The lowest BCUT2D eigenvalue weighted by Crippen LogP contribution is -2.32. The topological polar surface area (TPSA) is 50.7 Å². The molecule has 1 rings (SSSR count). The maximum absolute atomic E-state index is 9.74. The van der Waals surface area contributed by atoms with Crippen molar-refractivity contribution in [3.05, 3.63) is 30.3 Å². The molecule has 2 N–H and O–H groups in total. The number of nitrogens with one attached hydrogen (secondary N) is 1. The summed E-state index contributed by atoms with van der Waals surface area (Å²) in [7, 11) is 0. The van der Waals surface area contributed by atoms with Gasteiger partial charge in [-0.15, -0.1) is 0 Å². The van der Waals surface area contributed by atoms with Crippen molar-refractivity contribution < 1.29 is 14.6 Å². The summed E-state index contributed by atoms with van der Waals surface area (Å²) >= 11 is 0. The molecule has 0 saturated heterocycles. The van der Waals surface area contributed by atoms with Gasteiger partial charge in [-0.25, -0.2) is 0 Å². The molecule has 0 aliphatic rings. The third kappa shape index (κ3) is 8.59. The number of ether oxygens (including phenoxy) is 2. The van der Waals surface area contributed by atoms with Crippen molar-refractivity contribution >= 4 is 0 Å². The molecular weight excluding hydrogens is 242 g/mol. The first-order chi connectivity index (χ1) is 9.18. The summed E-state index contributed by atoms with van der Waals surface area (Å²) < 4.78 is 10.9. The highest BCUT2D eigenvalue weighted by Gasteiger charge is 2.04. The van der Waals surface area contributed by atoms with E-state index in [-0.39, 0.29) is 6.10 Å². The monoisotopic (exact) mass is 267 g/mol. The van der Waals surface area contributed by atoms with Crippen LogP contribution in [0.25, 0.3) is 0 Å². The van der Waals surface area contributed by atoms with Crippen molar-refractivity contribution in [2.24, 2.45) is 0 Å². The van der Waals surface area contributed by atoms with Crippen molar-refractivity contribution in [2.45, 2.75) is 32.5 Å². The largest absolute Gasteiger partial charge is 0.491 e. The van der Waals surface area contributed by atoms with Crippen LogP contribution in [0.15, 0.2) is 30.3 Å². The summed E-state index contributed by atoms with van der Waals surface area (Å²) in [6.45, 7) is 6.49. The fourth-order valence-electron chi connectivity index (χ4n) is 1.55. The minimum atomic E-state index is -0.494. The van der Waals surface area contributed by atoms with Gasteiger partial charge in [-0.3, -0.25) is 0 Å². The molecule has 0 saturated carbocycles. The molecule has 0 aromatic heterocycles. The Labute approximate surface area is 115 Å². The Kier molecular flexibility index (Phi) is 8.21. The first-order valence-electron chi connectivity index (χ1n) is 6.86. The number of para-hydroxylation sites is 1. The van der Waals surface area contributed by atoms with Crippen molar-refractivity contribution in [1.29, 1.82) is 0 Å². The zero-order valence-corrected chi connectivity index (χ0v) is 11.8. The molecule has 4 heteroatoms. The fourth-order valence-corrected chi connectivity index (χ4v) is 1.55. The van der Waals surface area contributed by atoms with Gasteiger partial charge < -0.3 is 19.9 Å². The average molecular weight is 267 g/mol. The number of hydrogen-bond donors (Lipinski definition) is 2. The molecule has 1 aromatic carbocycles. The maximum Gasteiger partial charge on any atom is 0.119 e. The smallest absolute Gasteiger partial charge is 0.119 e. The molecule has 1 atom stereocenters. The SMILES string of the molecule is CC(C)OCCCNC[C@H](O)COc1ccccc1. The lowest BCUT2D eigenvalue weighted by Gasteiger charge is -2.13. The van der Waals surface area contributed by atoms with Crippen LogP contribution in [-0.4, -0.2) is 43.6 Å². The van der Waals surface area contributed by atoms with Crippen molar-refractivity contribution in [3.8, 4) is 5.75 Å². The van der Waals surface area contributed by atoms with Crippen molar-refractivity contribution in [2.75, 3.05) is 26.3 Å². The lowest BCUT2D eigenvalue weighted by atomic mass is 10.3. The summed E-state index contributed by atoms with van der Waals surface area (Å²) in [5.41, 5.74) is 0. The van der Waals surface area contributed by atoms with Crippen LogP contribution in [0, 0.1) is 0 Å². The highest BCUT2D eigenvalue weighted by molar-refractivity contribution is 5.20. The zero-order chi connectivity index (χ0) is 13.9. The van der Waals surface area contributed by atoms with Gasteiger partial charge in [-0.2, -0.15) is 0 Å². The molecule has 0 fully saturated rings. The Morgan fingerprint density at radius 3 is 2.63 bits per heavy atom. The van der Waals surface area contributed by atoms with E-state index in [0.29, 0.717) is 13.2 Å². The highest BCUT2D eigenvalue weighted by Crippen LogP contribution is 2.08. The normalized spacial score (nSPS) is 12.6. The van der Waals surface area contributed by atoms with E-state index in [4.69, 9.17) is 9.47 Å². The fraction of sp³-hybridized carbons (Fsp3) is 0.600. The average Bonchev–Trinajstić information content (AvgIpc) is 2.41. The third-order valence-corrected chi connectivity index (χ3v) is 2.51. The standard InChI is InChI=1S/C15H25NO3/c1-13(2)18-10-6-9-16-11-14(17)12-19-15-7-4-3-5-8-15/h3-5,7-8,13-14,16-17H,6,9-12H2,1-2H3/t14-/m0/s1. The van der Waals surface area contributed by atoms with Gasteiger partial charge in [0.2, 0.25) is 0 Å². The Hall–Kier alpha value is -1.10. The number of aliphatic hydroxyl groups is 1. The summed E-state index contributed by atoms with van der Waals surface area (Å²) in [4.78, 5) is 0. The summed E-state index contributed by atoms with van der Waals surface area (Å²) in [6, 6.07) is 9.51. The van der Waals surface area contributed by atoms with Crippen molar-refractivity contribution in [3.63, 3.8) is 0 Å². The molecule has 0 radical (unpaired) electrons. The first kappa shape index (κ1) is 16.0. The molecule has 0 amide bonds. The second kappa shape index (κ2) is 9.78. The molecular formula is C15H25NO3. The minimum Gasteiger partial charge on any atom is -0.491 e. The van der Waals surface area contributed by atoms with Crippen LogP contribution >= 0.6 is 0 Å². The van der Waals surface area contributed by atoms with E-state index in [1.54, 1.807) is 0 Å². The Bertz CT molecular complexity index is 316. The van der Waals surface area contributed by atoms with Crippen LogP contribution in [0.1, 0.15) is 20.3 Å². The second-order valence-corrected chi connectivity index (χ2v) is 4.76. The predicted octanol–water partition coefficient (Wildman–Crippen LogP) is 1.83. The Morgan fingerprint density at radius 2 is 1.95 bits per heavy atom. The lowest BCUT2D eigenvalue weighted by molar-refractivity contribution is 0.0749. The first-order valence-corrected chi connectivity index (χ1v) is 6.86. The van der Waals surface area contributed by atoms with Crippen LogP contribution < -0.4 is 10.1 Å². The molecule has 1 aromatic rings. The van der Waals surface area contributed by atoms with Crippen LogP contribution in [0.3, 0.4) is 0 Å². The van der Waals surface area contributed by atoms with Crippen molar-refractivity contribution in [1.82, 2.24) is 5.32 Å². The van der Waals surface area contributed by atoms with E-state index in [1.165, 1.54) is 0 Å². The van der Waals surface area contributed by atoms with Crippen LogP contribution in [-0.2, 0) is 4.74 Å². The van der Waals surface area contributed by atoms with Gasteiger partial charge in [0.15, 0.2) is 0 Å². The van der Waals surface area contributed by atoms with Crippen LogP contribution in [0.4, 0.5) is 0 Å². The minimum absolute atomic E-state index is 0.282. The van der Waals surface area contributed by atoms with Crippen LogP contribution in [0.5, 0.6) is 5.75 Å². The second-order valence-electron chi connectivity index (χ2n) is 4.76. The third-order valence-electron chi connectivity index (χ3n) is 2.51. The highest BCUT2D eigenvalue weighted by atomic mass is 16.5. The van der Waals surface area contributed by atoms with E-state index in [1.807, 2.05) is 44.2 Å². The molecule has 0 unspecified atom stereocenters. The molecule has 19 heavy (non-hydrogen) atoms. The van der Waals surface area contributed by atoms with Gasteiger partial charge in [0.25, 0.3) is 0 Å². The van der Waals surface area contributed by atoms with Gasteiger partial charge in [0, 0.05) is 13.2 Å². The van der Waals surface area contributed by atoms with Gasteiger partial charge >= 0.3 is 0 Å². The van der Waals surface area contributed by atoms with Gasteiger partial charge in [0.1, 0.15) is 18.5 Å². The summed E-state index contributed by atoms with van der Waals surface area (Å²) in [5, 5.41) is 12.9. The quantitative estimate of drug-likeness (QED) is 0.635. The predicted molar refractivity (Wildman–Crippen MR) is 76.5 cm³/mol. The van der Waals surface area contributed by atoms with Gasteiger partial charge in [0.05, 0.1) is 6.10 Å². The zero-order valence-electron chi connectivity index (χ0n) is 11.8. The van der Waals surface area contributed by atoms with Gasteiger partial charge in [-0.05, 0) is 38.9 Å². The van der Waals surface area contributed by atoms with Crippen LogP contribution in [0.2, 0.25) is 0 Å². The summed E-state index contributed by atoms with van der Waals surface area (Å²) in [6.07, 6.45) is 0.737. The number of hydrogen-bond acceptors (Lipinski definition) is 4. The molecule has 0 spiro atoms. The summed E-state index contributed by atoms with van der Waals surface area (Å²) in [5.74, 6) is 0.784.